The van der Waals surface area contributed by atoms with Gasteiger partial charge in [0.25, 0.3) is 5.91 Å². The summed E-state index contributed by atoms with van der Waals surface area (Å²) in [6.07, 6.45) is -14.1. The number of alkyl halides is 7. The summed E-state index contributed by atoms with van der Waals surface area (Å²) in [7, 11) is 0. The third-order valence-corrected chi connectivity index (χ3v) is 2.01. The van der Waals surface area contributed by atoms with Crippen molar-refractivity contribution in [3.05, 3.63) is 0 Å². The number of carbonyl (C=O) groups excluding carboxylic acids is 2. The Kier molecular flexibility index (Phi) is 3.67. The number of hydrogen-bond donors (Lipinski definition) is 2. The van der Waals surface area contributed by atoms with Gasteiger partial charge >= 0.3 is 24.1 Å². The second kappa shape index (κ2) is 4.51. The molecule has 5 nitrogen and oxygen atoms in total. The third-order valence-electron chi connectivity index (χ3n) is 2.01. The van der Waals surface area contributed by atoms with Crippen molar-refractivity contribution in [1.29, 1.82) is 0 Å². The van der Waals surface area contributed by atoms with Crippen molar-refractivity contribution in [2.45, 2.75) is 24.2 Å². The maximum absolute atomic E-state index is 13.6. The molecule has 0 aromatic carbocycles. The molecule has 0 bridgehead atoms. The lowest BCUT2D eigenvalue weighted by molar-refractivity contribution is -0.276. The van der Waals surface area contributed by atoms with Gasteiger partial charge in [0.2, 0.25) is 0 Å². The van der Waals surface area contributed by atoms with Crippen LogP contribution >= 0.6 is 0 Å². The van der Waals surface area contributed by atoms with Crippen LogP contribution in [0.4, 0.5) is 35.5 Å². The Morgan fingerprint density at radius 1 is 1.16 bits per heavy atom. The molecule has 110 valence electrons. The SMILES string of the molecule is O=C1NC(=O)[C@](F)(C(F)(F)F)[C@@H](OCC(F)(F)F)N1. The number of amides is 3. The molecule has 0 spiro atoms. The van der Waals surface area contributed by atoms with Crippen molar-refractivity contribution in [2.24, 2.45) is 0 Å². The molecule has 0 aliphatic carbocycles. The van der Waals surface area contributed by atoms with Crippen molar-refractivity contribution in [3.8, 4) is 0 Å². The third kappa shape index (κ3) is 3.05. The number of hydrogen-bond acceptors (Lipinski definition) is 3. The highest BCUT2D eigenvalue weighted by Gasteiger charge is 2.70. The van der Waals surface area contributed by atoms with Gasteiger partial charge in [-0.2, -0.15) is 26.3 Å². The average molecular weight is 298 g/mol. The Balaban J connectivity index is 3.01. The lowest BCUT2D eigenvalue weighted by Crippen LogP contribution is -2.73. The molecular formula is C7H5F7N2O3. The van der Waals surface area contributed by atoms with E-state index in [9.17, 15) is 40.3 Å². The Hall–Kier alpha value is -1.59. The first-order valence-corrected chi connectivity index (χ1v) is 4.44. The minimum absolute atomic E-state index is 0.958. The van der Waals surface area contributed by atoms with E-state index in [1.165, 1.54) is 0 Å². The molecule has 19 heavy (non-hydrogen) atoms. The highest BCUT2D eigenvalue weighted by atomic mass is 19.4. The van der Waals surface area contributed by atoms with E-state index in [-0.39, 0.29) is 0 Å². The summed E-state index contributed by atoms with van der Waals surface area (Å²) in [6.45, 7) is -2.27. The summed E-state index contributed by atoms with van der Waals surface area (Å²) >= 11 is 0. The summed E-state index contributed by atoms with van der Waals surface area (Å²) < 4.78 is 90.0. The van der Waals surface area contributed by atoms with Gasteiger partial charge in [-0.15, -0.1) is 0 Å². The Morgan fingerprint density at radius 2 is 1.68 bits per heavy atom. The van der Waals surface area contributed by atoms with Gasteiger partial charge in [-0.25, -0.2) is 9.18 Å². The van der Waals surface area contributed by atoms with Crippen LogP contribution in [0.2, 0.25) is 0 Å². The van der Waals surface area contributed by atoms with Crippen LogP contribution in [-0.2, 0) is 9.53 Å². The fourth-order valence-corrected chi connectivity index (χ4v) is 1.18. The van der Waals surface area contributed by atoms with E-state index in [1.54, 1.807) is 0 Å². The molecule has 2 atom stereocenters. The van der Waals surface area contributed by atoms with E-state index in [2.05, 4.69) is 4.74 Å². The maximum Gasteiger partial charge on any atom is 0.436 e. The summed E-state index contributed by atoms with van der Waals surface area (Å²) in [6, 6.07) is -1.60. The molecule has 1 heterocycles. The standard InChI is InChI=1S/C7H5F7N2O3/c8-5(9,10)1-19-3-6(11,7(12,13)14)2(17)15-4(18)16-3/h3H,1H2,(H2,15,16,17,18)/t3-,6-/m1/s1. The largest absolute Gasteiger partial charge is 0.436 e. The summed E-state index contributed by atoms with van der Waals surface area (Å²) in [5.41, 5.74) is -4.81. The highest BCUT2D eigenvalue weighted by Crippen LogP contribution is 2.39. The van der Waals surface area contributed by atoms with Gasteiger partial charge in [0.05, 0.1) is 0 Å². The molecule has 1 aliphatic heterocycles. The lowest BCUT2D eigenvalue weighted by Gasteiger charge is -2.37. The second-order valence-corrected chi connectivity index (χ2v) is 3.44. The van der Waals surface area contributed by atoms with Gasteiger partial charge in [-0.1, -0.05) is 0 Å². The second-order valence-electron chi connectivity index (χ2n) is 3.44. The molecule has 1 fully saturated rings. The molecule has 1 aliphatic rings. The van der Waals surface area contributed by atoms with Crippen LogP contribution < -0.4 is 10.6 Å². The van der Waals surface area contributed by atoms with Gasteiger partial charge in [0.1, 0.15) is 6.61 Å². The summed E-state index contributed by atoms with van der Waals surface area (Å²) in [5.74, 6) is -2.45. The quantitative estimate of drug-likeness (QED) is 0.747. The van der Waals surface area contributed by atoms with Gasteiger partial charge in [-0.3, -0.25) is 10.1 Å². The summed E-state index contributed by atoms with van der Waals surface area (Å²) in [5, 5.41) is 2.09. The minimum Gasteiger partial charge on any atom is -0.345 e. The number of carbonyl (C=O) groups is 2. The fourth-order valence-electron chi connectivity index (χ4n) is 1.18. The first-order chi connectivity index (χ1) is 8.38. The fraction of sp³-hybridized carbons (Fsp3) is 0.714. The van der Waals surface area contributed by atoms with Crippen molar-refractivity contribution in [3.63, 3.8) is 0 Å². The molecule has 0 saturated carbocycles. The topological polar surface area (TPSA) is 67.4 Å². The smallest absolute Gasteiger partial charge is 0.345 e. The highest BCUT2D eigenvalue weighted by molar-refractivity contribution is 6.02. The predicted molar refractivity (Wildman–Crippen MR) is 42.4 cm³/mol. The van der Waals surface area contributed by atoms with E-state index >= 15 is 0 Å². The summed E-state index contributed by atoms with van der Waals surface area (Å²) in [4.78, 5) is 21.6. The van der Waals surface area contributed by atoms with E-state index in [0.29, 0.717) is 0 Å². The Bertz CT molecular complexity index is 393. The zero-order chi connectivity index (χ0) is 15.1. The van der Waals surface area contributed by atoms with Gasteiger partial charge in [-0.05, 0) is 0 Å². The number of nitrogens with one attached hydrogen (secondary N) is 2. The first-order valence-electron chi connectivity index (χ1n) is 4.44. The average Bonchev–Trinajstić information content (AvgIpc) is 2.18. The number of imide groups is 1. The van der Waals surface area contributed by atoms with Crippen LogP contribution in [0, 0.1) is 0 Å². The van der Waals surface area contributed by atoms with E-state index in [1.807, 2.05) is 0 Å². The molecule has 12 heteroatoms. The van der Waals surface area contributed by atoms with Crippen LogP contribution in [0.15, 0.2) is 0 Å². The molecule has 1 saturated heterocycles. The molecular weight excluding hydrogens is 293 g/mol. The van der Waals surface area contributed by atoms with Crippen molar-refractivity contribution in [1.82, 2.24) is 10.6 Å². The Labute approximate surface area is 99.6 Å². The zero-order valence-electron chi connectivity index (χ0n) is 8.65. The van der Waals surface area contributed by atoms with Gasteiger partial charge < -0.3 is 10.1 Å². The molecule has 0 unspecified atom stereocenters. The number of urea groups is 1. The maximum atomic E-state index is 13.6. The van der Waals surface area contributed by atoms with Crippen LogP contribution in [0.3, 0.4) is 0 Å². The predicted octanol–water partition coefficient (Wildman–Crippen LogP) is 1.00. The molecule has 0 radical (unpaired) electrons. The van der Waals surface area contributed by atoms with Gasteiger partial charge in [0, 0.05) is 0 Å². The van der Waals surface area contributed by atoms with Crippen LogP contribution in [0.1, 0.15) is 0 Å². The Morgan fingerprint density at radius 3 is 2.11 bits per heavy atom. The van der Waals surface area contributed by atoms with Crippen LogP contribution in [0.25, 0.3) is 0 Å². The minimum atomic E-state index is -5.87. The molecule has 0 aromatic heterocycles. The number of rotatable bonds is 2. The molecule has 2 N–H and O–H groups in total. The first kappa shape index (κ1) is 15.5. The molecule has 0 aromatic rings. The number of halogens is 7. The normalized spacial score (nSPS) is 28.9. The van der Waals surface area contributed by atoms with Gasteiger partial charge in [0.15, 0.2) is 6.23 Å². The molecule has 1 rings (SSSR count). The number of ether oxygens (including phenoxy) is 1. The van der Waals surface area contributed by atoms with E-state index in [4.69, 9.17) is 0 Å². The zero-order valence-corrected chi connectivity index (χ0v) is 8.65. The van der Waals surface area contributed by atoms with Crippen molar-refractivity contribution < 1.29 is 45.1 Å². The lowest BCUT2D eigenvalue weighted by atomic mass is 10.0. The van der Waals surface area contributed by atoms with Crippen molar-refractivity contribution >= 4 is 11.9 Å². The van der Waals surface area contributed by atoms with Crippen molar-refractivity contribution in [2.75, 3.05) is 6.61 Å². The van der Waals surface area contributed by atoms with E-state index < -0.39 is 42.8 Å². The molecule has 3 amide bonds. The van der Waals surface area contributed by atoms with Crippen LogP contribution in [-0.4, -0.2) is 42.8 Å². The monoisotopic (exact) mass is 298 g/mol. The van der Waals surface area contributed by atoms with E-state index in [0.717, 1.165) is 10.6 Å². The van der Waals surface area contributed by atoms with Crippen LogP contribution in [0.5, 0.6) is 0 Å².